The molecule has 0 atom stereocenters. The van der Waals surface area contributed by atoms with Gasteiger partial charge in [-0.15, -0.1) is 11.3 Å². The number of sulfonamides is 1. The van der Waals surface area contributed by atoms with Crippen LogP contribution in [-0.4, -0.2) is 13.4 Å². The number of nitrogens with two attached hydrogens (primary N) is 1. The molecule has 20 heavy (non-hydrogen) atoms. The van der Waals surface area contributed by atoms with Gasteiger partial charge in [0, 0.05) is 17.6 Å². The molecule has 0 fully saturated rings. The second-order valence-electron chi connectivity index (χ2n) is 3.96. The first-order chi connectivity index (χ1) is 9.33. The zero-order valence-corrected chi connectivity index (χ0v) is 12.7. The summed E-state index contributed by atoms with van der Waals surface area (Å²) in [6, 6.07) is 2.10. The SMILES string of the molecule is Cc1cnc(NS(=O)(=O)c2cc(F)c(Cl)c(CN)c2)s1. The highest BCUT2D eigenvalue weighted by Gasteiger charge is 2.19. The molecule has 0 unspecified atom stereocenters. The maximum absolute atomic E-state index is 13.6. The number of aromatic nitrogens is 1. The molecule has 108 valence electrons. The number of nitrogens with zero attached hydrogens (tertiary/aromatic N) is 1. The Hall–Kier alpha value is -1.22. The highest BCUT2D eigenvalue weighted by atomic mass is 35.5. The van der Waals surface area contributed by atoms with Crippen molar-refractivity contribution in [2.75, 3.05) is 4.72 Å². The third-order valence-corrected chi connectivity index (χ3v) is 5.15. The molecular weight excluding hydrogens is 325 g/mol. The van der Waals surface area contributed by atoms with Gasteiger partial charge in [0.05, 0.1) is 9.92 Å². The van der Waals surface area contributed by atoms with Crippen LogP contribution in [0.1, 0.15) is 10.4 Å². The number of halogens is 2. The van der Waals surface area contributed by atoms with Crippen molar-refractivity contribution >= 4 is 38.1 Å². The van der Waals surface area contributed by atoms with Crippen molar-refractivity contribution in [1.82, 2.24) is 4.98 Å². The molecule has 0 aliphatic heterocycles. The van der Waals surface area contributed by atoms with Crippen molar-refractivity contribution in [3.63, 3.8) is 0 Å². The van der Waals surface area contributed by atoms with E-state index in [1.54, 1.807) is 6.92 Å². The lowest BCUT2D eigenvalue weighted by Crippen LogP contribution is -2.14. The van der Waals surface area contributed by atoms with E-state index < -0.39 is 15.8 Å². The Labute approximate surface area is 124 Å². The highest BCUT2D eigenvalue weighted by molar-refractivity contribution is 7.93. The molecule has 0 aliphatic rings. The van der Waals surface area contributed by atoms with Crippen LogP contribution in [0.5, 0.6) is 0 Å². The predicted octanol–water partition coefficient (Wildman–Crippen LogP) is 2.50. The predicted molar refractivity (Wildman–Crippen MR) is 77.0 cm³/mol. The molecule has 9 heteroatoms. The summed E-state index contributed by atoms with van der Waals surface area (Å²) in [5.41, 5.74) is 5.64. The lowest BCUT2D eigenvalue weighted by Gasteiger charge is -2.09. The molecule has 1 aromatic carbocycles. The zero-order chi connectivity index (χ0) is 14.9. The van der Waals surface area contributed by atoms with Crippen molar-refractivity contribution in [2.45, 2.75) is 18.4 Å². The van der Waals surface area contributed by atoms with Crippen molar-refractivity contribution < 1.29 is 12.8 Å². The van der Waals surface area contributed by atoms with Crippen LogP contribution in [0, 0.1) is 12.7 Å². The molecule has 0 spiro atoms. The molecule has 3 N–H and O–H groups in total. The largest absolute Gasteiger partial charge is 0.326 e. The summed E-state index contributed by atoms with van der Waals surface area (Å²) in [6.07, 6.45) is 1.54. The maximum Gasteiger partial charge on any atom is 0.263 e. The number of rotatable bonds is 4. The summed E-state index contributed by atoms with van der Waals surface area (Å²) >= 11 is 6.88. The molecule has 1 heterocycles. The Morgan fingerprint density at radius 1 is 1.50 bits per heavy atom. The Morgan fingerprint density at radius 3 is 2.75 bits per heavy atom. The first-order valence-corrected chi connectivity index (χ1v) is 8.14. The lowest BCUT2D eigenvalue weighted by atomic mass is 10.2. The van der Waals surface area contributed by atoms with Gasteiger partial charge in [-0.1, -0.05) is 11.6 Å². The van der Waals surface area contributed by atoms with Gasteiger partial charge in [-0.3, -0.25) is 4.72 Å². The Bertz CT molecular complexity index is 746. The minimum absolute atomic E-state index is 0.0600. The number of benzene rings is 1. The van der Waals surface area contributed by atoms with Gasteiger partial charge in [-0.05, 0) is 24.6 Å². The second kappa shape index (κ2) is 5.65. The molecule has 0 aliphatic carbocycles. The average Bonchev–Trinajstić information content (AvgIpc) is 2.77. The van der Waals surface area contributed by atoms with Gasteiger partial charge < -0.3 is 5.73 Å². The maximum atomic E-state index is 13.6. The summed E-state index contributed by atoms with van der Waals surface area (Å²) in [5.74, 6) is -0.828. The van der Waals surface area contributed by atoms with Gasteiger partial charge in [-0.2, -0.15) is 0 Å². The van der Waals surface area contributed by atoms with Crippen LogP contribution in [0.2, 0.25) is 5.02 Å². The highest BCUT2D eigenvalue weighted by Crippen LogP contribution is 2.26. The standard InChI is InChI=1S/C11H11ClFN3O2S2/c1-6-5-15-11(19-6)16-20(17,18)8-2-7(4-14)10(12)9(13)3-8/h2-3,5H,4,14H2,1H3,(H,15,16). The van der Waals surface area contributed by atoms with E-state index in [1.165, 1.54) is 23.6 Å². The van der Waals surface area contributed by atoms with E-state index in [0.717, 1.165) is 10.9 Å². The van der Waals surface area contributed by atoms with Crippen LogP contribution < -0.4 is 10.5 Å². The summed E-state index contributed by atoms with van der Waals surface area (Å²) < 4.78 is 40.2. The van der Waals surface area contributed by atoms with Crippen molar-refractivity contribution in [2.24, 2.45) is 5.73 Å². The zero-order valence-electron chi connectivity index (χ0n) is 10.4. The van der Waals surface area contributed by atoms with Crippen LogP contribution in [0.3, 0.4) is 0 Å². The quantitative estimate of drug-likeness (QED) is 0.899. The van der Waals surface area contributed by atoms with Gasteiger partial charge in [-0.25, -0.2) is 17.8 Å². The van der Waals surface area contributed by atoms with E-state index in [9.17, 15) is 12.8 Å². The fraction of sp³-hybridized carbons (Fsp3) is 0.182. The Balaban J connectivity index is 2.41. The minimum Gasteiger partial charge on any atom is -0.326 e. The van der Waals surface area contributed by atoms with Gasteiger partial charge in [0.1, 0.15) is 5.82 Å². The molecule has 0 bridgehead atoms. The smallest absolute Gasteiger partial charge is 0.263 e. The van der Waals surface area contributed by atoms with Crippen LogP contribution in [-0.2, 0) is 16.6 Å². The van der Waals surface area contributed by atoms with Crippen molar-refractivity contribution in [3.8, 4) is 0 Å². The number of hydrogen-bond acceptors (Lipinski definition) is 5. The van der Waals surface area contributed by atoms with Crippen LogP contribution in [0.15, 0.2) is 23.2 Å². The van der Waals surface area contributed by atoms with Gasteiger partial charge >= 0.3 is 0 Å². The molecule has 0 radical (unpaired) electrons. The molecule has 5 nitrogen and oxygen atoms in total. The van der Waals surface area contributed by atoms with Crippen LogP contribution in [0.4, 0.5) is 9.52 Å². The van der Waals surface area contributed by atoms with Crippen molar-refractivity contribution in [3.05, 3.63) is 39.6 Å². The van der Waals surface area contributed by atoms with E-state index in [4.69, 9.17) is 17.3 Å². The molecule has 0 amide bonds. The number of anilines is 1. The molecular formula is C11H11ClFN3O2S2. The molecule has 0 saturated carbocycles. The van der Waals surface area contributed by atoms with Gasteiger partial charge in [0.2, 0.25) is 0 Å². The Kier molecular flexibility index (Phi) is 4.28. The molecule has 2 rings (SSSR count). The van der Waals surface area contributed by atoms with E-state index in [1.807, 2.05) is 0 Å². The summed E-state index contributed by atoms with van der Waals surface area (Å²) in [4.78, 5) is 4.50. The third kappa shape index (κ3) is 3.09. The van der Waals surface area contributed by atoms with E-state index >= 15 is 0 Å². The number of hydrogen-bond donors (Lipinski definition) is 2. The first-order valence-electron chi connectivity index (χ1n) is 5.46. The van der Waals surface area contributed by atoms with Crippen LogP contribution in [0.25, 0.3) is 0 Å². The van der Waals surface area contributed by atoms with E-state index in [-0.39, 0.29) is 27.2 Å². The summed E-state index contributed by atoms with van der Waals surface area (Å²) in [7, 11) is -3.93. The monoisotopic (exact) mass is 335 g/mol. The number of aryl methyl sites for hydroxylation is 1. The Morgan fingerprint density at radius 2 is 2.20 bits per heavy atom. The lowest BCUT2D eigenvalue weighted by molar-refractivity contribution is 0.594. The van der Waals surface area contributed by atoms with Gasteiger partial charge in [0.25, 0.3) is 10.0 Å². The normalized spacial score (nSPS) is 11.6. The fourth-order valence-electron chi connectivity index (χ4n) is 1.50. The van der Waals surface area contributed by atoms with E-state index in [2.05, 4.69) is 9.71 Å². The molecule has 0 saturated heterocycles. The third-order valence-electron chi connectivity index (χ3n) is 2.45. The van der Waals surface area contributed by atoms with Crippen LogP contribution >= 0.6 is 22.9 Å². The average molecular weight is 336 g/mol. The number of nitrogens with one attached hydrogen (secondary N) is 1. The van der Waals surface area contributed by atoms with Crippen molar-refractivity contribution in [1.29, 1.82) is 0 Å². The first kappa shape index (κ1) is 15.2. The summed E-state index contributed by atoms with van der Waals surface area (Å²) in [5, 5.41) is 0.0451. The topological polar surface area (TPSA) is 85.1 Å². The second-order valence-corrected chi connectivity index (χ2v) is 7.26. The fourth-order valence-corrected chi connectivity index (χ4v) is 3.65. The van der Waals surface area contributed by atoms with E-state index in [0.29, 0.717) is 0 Å². The molecule has 1 aromatic heterocycles. The van der Waals surface area contributed by atoms with Gasteiger partial charge in [0.15, 0.2) is 5.13 Å². The minimum atomic E-state index is -3.93. The summed E-state index contributed by atoms with van der Waals surface area (Å²) in [6.45, 7) is 1.74. The number of thiazole rings is 1. The molecule has 2 aromatic rings.